The Morgan fingerprint density at radius 3 is 1.96 bits per heavy atom. The van der Waals surface area contributed by atoms with Gasteiger partial charge in [0.05, 0.1) is 14.2 Å². The monoisotopic (exact) mass is 318 g/mol. The fourth-order valence-corrected chi connectivity index (χ4v) is 2.70. The Morgan fingerprint density at radius 1 is 0.708 bits per heavy atom. The van der Waals surface area contributed by atoms with E-state index in [0.29, 0.717) is 17.1 Å². The highest BCUT2D eigenvalue weighted by Crippen LogP contribution is 2.33. The first kappa shape index (κ1) is 15.8. The van der Waals surface area contributed by atoms with Crippen LogP contribution in [0.15, 0.2) is 66.7 Å². The Hall–Kier alpha value is -3.07. The molecule has 24 heavy (non-hydrogen) atoms. The maximum atomic E-state index is 11.6. The van der Waals surface area contributed by atoms with E-state index in [4.69, 9.17) is 9.47 Å². The summed E-state index contributed by atoms with van der Waals surface area (Å²) in [6.45, 7) is 0. The first-order valence-corrected chi connectivity index (χ1v) is 7.63. The first-order valence-electron chi connectivity index (χ1n) is 7.63. The minimum absolute atomic E-state index is 0.631. The lowest BCUT2D eigenvalue weighted by Gasteiger charge is -2.12. The molecule has 0 atom stereocenters. The van der Waals surface area contributed by atoms with Gasteiger partial charge in [0.2, 0.25) is 0 Å². The second kappa shape index (κ2) is 7.01. The van der Waals surface area contributed by atoms with Crippen LogP contribution < -0.4 is 9.47 Å². The van der Waals surface area contributed by atoms with Crippen molar-refractivity contribution in [2.24, 2.45) is 0 Å². The molecular weight excluding hydrogens is 300 g/mol. The van der Waals surface area contributed by atoms with Gasteiger partial charge in [-0.2, -0.15) is 0 Å². The molecule has 3 rings (SSSR count). The quantitative estimate of drug-likeness (QED) is 0.631. The molecule has 3 aromatic carbocycles. The summed E-state index contributed by atoms with van der Waals surface area (Å²) in [7, 11) is 3.22. The number of rotatable bonds is 5. The zero-order valence-electron chi connectivity index (χ0n) is 13.7. The molecule has 0 amide bonds. The molecule has 0 aliphatic carbocycles. The summed E-state index contributed by atoms with van der Waals surface area (Å²) in [6, 6.07) is 21.5. The number of carbonyl (C=O) groups is 1. The van der Waals surface area contributed by atoms with Crippen LogP contribution >= 0.6 is 0 Å². The Morgan fingerprint density at radius 2 is 1.38 bits per heavy atom. The van der Waals surface area contributed by atoms with E-state index in [-0.39, 0.29) is 0 Å². The SMILES string of the molecule is COc1cc(OC)cc(-c2ccc(-c3ccccc3)cc2C=O)c1. The third-order valence-corrected chi connectivity index (χ3v) is 3.95. The highest BCUT2D eigenvalue weighted by molar-refractivity contribution is 5.90. The van der Waals surface area contributed by atoms with Gasteiger partial charge < -0.3 is 9.47 Å². The normalized spacial score (nSPS) is 10.2. The maximum Gasteiger partial charge on any atom is 0.150 e. The molecule has 0 saturated heterocycles. The zero-order chi connectivity index (χ0) is 16.9. The lowest BCUT2D eigenvalue weighted by atomic mass is 9.95. The molecule has 0 unspecified atom stereocenters. The number of hydrogen-bond acceptors (Lipinski definition) is 3. The van der Waals surface area contributed by atoms with E-state index in [1.807, 2.05) is 66.7 Å². The second-order valence-electron chi connectivity index (χ2n) is 5.39. The van der Waals surface area contributed by atoms with Gasteiger partial charge in [0.1, 0.15) is 11.5 Å². The van der Waals surface area contributed by atoms with E-state index < -0.39 is 0 Å². The second-order valence-corrected chi connectivity index (χ2v) is 5.39. The largest absolute Gasteiger partial charge is 0.497 e. The fraction of sp³-hybridized carbons (Fsp3) is 0.0952. The summed E-state index contributed by atoms with van der Waals surface area (Å²) in [6.07, 6.45) is 0.883. The molecule has 0 bridgehead atoms. The number of benzene rings is 3. The number of methoxy groups -OCH3 is 2. The van der Waals surface area contributed by atoms with Gasteiger partial charge in [-0.25, -0.2) is 0 Å². The minimum Gasteiger partial charge on any atom is -0.497 e. The Bertz CT molecular complexity index is 832. The van der Waals surface area contributed by atoms with Gasteiger partial charge in [0.15, 0.2) is 6.29 Å². The summed E-state index contributed by atoms with van der Waals surface area (Å²) in [5, 5.41) is 0. The summed E-state index contributed by atoms with van der Waals surface area (Å²) < 4.78 is 10.6. The summed E-state index contributed by atoms with van der Waals surface area (Å²) in [5.41, 5.74) is 4.45. The van der Waals surface area contributed by atoms with Gasteiger partial charge in [-0.05, 0) is 40.5 Å². The Labute approximate surface area is 141 Å². The molecular formula is C21H18O3. The van der Waals surface area contributed by atoms with Crippen molar-refractivity contribution < 1.29 is 14.3 Å². The Kier molecular flexibility index (Phi) is 4.62. The molecule has 0 aromatic heterocycles. The number of hydrogen-bond donors (Lipinski definition) is 0. The minimum atomic E-state index is 0.631. The molecule has 0 aliphatic heterocycles. The predicted octanol–water partition coefficient (Wildman–Crippen LogP) is 4.85. The van der Waals surface area contributed by atoms with E-state index in [2.05, 4.69) is 0 Å². The topological polar surface area (TPSA) is 35.5 Å². The van der Waals surface area contributed by atoms with Gasteiger partial charge in [-0.1, -0.05) is 42.5 Å². The van der Waals surface area contributed by atoms with Gasteiger partial charge in [0, 0.05) is 11.6 Å². The molecule has 0 heterocycles. The molecule has 0 N–H and O–H groups in total. The molecule has 3 nitrogen and oxygen atoms in total. The summed E-state index contributed by atoms with van der Waals surface area (Å²) >= 11 is 0. The Balaban J connectivity index is 2.10. The molecule has 0 fully saturated rings. The van der Waals surface area contributed by atoms with Crippen LogP contribution in [-0.2, 0) is 0 Å². The number of ether oxygens (including phenoxy) is 2. The smallest absolute Gasteiger partial charge is 0.150 e. The highest BCUT2D eigenvalue weighted by Gasteiger charge is 2.10. The molecule has 120 valence electrons. The number of carbonyl (C=O) groups excluding carboxylic acids is 1. The standard InChI is InChI=1S/C21H18O3/c1-23-19-11-17(12-20(13-19)24-2)21-9-8-16(10-18(21)14-22)15-6-4-3-5-7-15/h3-14H,1-2H3. The van der Waals surface area contributed by atoms with Crippen LogP contribution in [0.5, 0.6) is 11.5 Å². The van der Waals surface area contributed by atoms with Crippen LogP contribution in [0.4, 0.5) is 0 Å². The average molecular weight is 318 g/mol. The first-order chi connectivity index (χ1) is 11.7. The fourth-order valence-electron chi connectivity index (χ4n) is 2.70. The van der Waals surface area contributed by atoms with Crippen molar-refractivity contribution in [1.29, 1.82) is 0 Å². The lowest BCUT2D eigenvalue weighted by molar-refractivity contribution is 0.112. The summed E-state index contributed by atoms with van der Waals surface area (Å²) in [5.74, 6) is 1.38. The van der Waals surface area contributed by atoms with Crippen molar-refractivity contribution >= 4 is 6.29 Å². The van der Waals surface area contributed by atoms with Gasteiger partial charge in [-0.15, -0.1) is 0 Å². The number of aldehydes is 1. The van der Waals surface area contributed by atoms with Crippen LogP contribution in [0.2, 0.25) is 0 Å². The van der Waals surface area contributed by atoms with Crippen LogP contribution in [0, 0.1) is 0 Å². The van der Waals surface area contributed by atoms with Crippen molar-refractivity contribution in [2.45, 2.75) is 0 Å². The molecule has 3 aromatic rings. The van der Waals surface area contributed by atoms with Gasteiger partial charge in [0.25, 0.3) is 0 Å². The van der Waals surface area contributed by atoms with E-state index in [9.17, 15) is 4.79 Å². The zero-order valence-corrected chi connectivity index (χ0v) is 13.7. The average Bonchev–Trinajstić information content (AvgIpc) is 2.67. The van der Waals surface area contributed by atoms with E-state index in [1.165, 1.54) is 0 Å². The lowest BCUT2D eigenvalue weighted by Crippen LogP contribution is -1.92. The van der Waals surface area contributed by atoms with Crippen LogP contribution in [0.1, 0.15) is 10.4 Å². The molecule has 0 radical (unpaired) electrons. The van der Waals surface area contributed by atoms with Crippen LogP contribution in [0.3, 0.4) is 0 Å². The van der Waals surface area contributed by atoms with Crippen molar-refractivity contribution in [3.8, 4) is 33.8 Å². The third-order valence-electron chi connectivity index (χ3n) is 3.95. The van der Waals surface area contributed by atoms with Crippen molar-refractivity contribution in [3.05, 3.63) is 72.3 Å². The predicted molar refractivity (Wildman–Crippen MR) is 95.8 cm³/mol. The van der Waals surface area contributed by atoms with E-state index in [0.717, 1.165) is 28.5 Å². The van der Waals surface area contributed by atoms with Crippen molar-refractivity contribution in [2.75, 3.05) is 14.2 Å². The van der Waals surface area contributed by atoms with E-state index >= 15 is 0 Å². The van der Waals surface area contributed by atoms with Gasteiger partial charge >= 0.3 is 0 Å². The maximum absolute atomic E-state index is 11.6. The van der Waals surface area contributed by atoms with E-state index in [1.54, 1.807) is 14.2 Å². The van der Waals surface area contributed by atoms with Crippen molar-refractivity contribution in [1.82, 2.24) is 0 Å². The van der Waals surface area contributed by atoms with Gasteiger partial charge in [-0.3, -0.25) is 4.79 Å². The molecule has 3 heteroatoms. The third kappa shape index (κ3) is 3.15. The van der Waals surface area contributed by atoms with Crippen molar-refractivity contribution in [3.63, 3.8) is 0 Å². The molecule has 0 spiro atoms. The summed E-state index contributed by atoms with van der Waals surface area (Å²) in [4.78, 5) is 11.6. The molecule has 0 aliphatic rings. The van der Waals surface area contributed by atoms with Crippen LogP contribution in [0.25, 0.3) is 22.3 Å². The highest BCUT2D eigenvalue weighted by atomic mass is 16.5. The van der Waals surface area contributed by atoms with Crippen LogP contribution in [-0.4, -0.2) is 20.5 Å². The molecule has 0 saturated carbocycles.